The molecule has 5 nitrogen and oxygen atoms in total. The molecule has 0 saturated carbocycles. The number of nitrogens with zero attached hydrogens (tertiary/aromatic N) is 3. The number of aromatic nitrogens is 2. The lowest BCUT2D eigenvalue weighted by molar-refractivity contribution is 0.0674. The van der Waals surface area contributed by atoms with Crippen molar-refractivity contribution in [2.75, 3.05) is 26.7 Å². The Kier molecular flexibility index (Phi) is 5.98. The lowest BCUT2D eigenvalue weighted by Gasteiger charge is -2.32. The van der Waals surface area contributed by atoms with Crippen molar-refractivity contribution in [3.05, 3.63) is 66.1 Å². The van der Waals surface area contributed by atoms with E-state index < -0.39 is 0 Å². The Morgan fingerprint density at radius 1 is 1.25 bits per heavy atom. The second-order valence-electron chi connectivity index (χ2n) is 7.33. The van der Waals surface area contributed by atoms with Crippen molar-refractivity contribution in [1.29, 1.82) is 0 Å². The first kappa shape index (κ1) is 19.0. The zero-order valence-electron chi connectivity index (χ0n) is 16.2. The molecule has 1 saturated heterocycles. The SMILES string of the molecule is CNCC1CCCN(C(=O)c2ccc(SCc3cn4ccccc4n3)cc2)C1. The van der Waals surface area contributed by atoms with Crippen LogP contribution in [0.5, 0.6) is 0 Å². The van der Waals surface area contributed by atoms with E-state index in [0.29, 0.717) is 5.92 Å². The first-order chi connectivity index (χ1) is 13.7. The monoisotopic (exact) mass is 394 g/mol. The van der Waals surface area contributed by atoms with Gasteiger partial charge in [0.1, 0.15) is 5.65 Å². The predicted molar refractivity (Wildman–Crippen MR) is 114 cm³/mol. The van der Waals surface area contributed by atoms with Crippen LogP contribution in [-0.2, 0) is 5.75 Å². The Hall–Kier alpha value is -2.31. The van der Waals surface area contributed by atoms with Crippen LogP contribution in [0.3, 0.4) is 0 Å². The van der Waals surface area contributed by atoms with Crippen molar-refractivity contribution in [3.8, 4) is 0 Å². The molecular formula is C22H26N4OS. The largest absolute Gasteiger partial charge is 0.338 e. The lowest BCUT2D eigenvalue weighted by Crippen LogP contribution is -2.42. The third-order valence-corrected chi connectivity index (χ3v) is 6.25. The number of thioether (sulfide) groups is 1. The molecule has 3 heterocycles. The van der Waals surface area contributed by atoms with E-state index in [9.17, 15) is 4.79 Å². The molecule has 0 bridgehead atoms. The number of imidazole rings is 1. The minimum absolute atomic E-state index is 0.151. The summed E-state index contributed by atoms with van der Waals surface area (Å²) in [5, 5.41) is 3.23. The lowest BCUT2D eigenvalue weighted by atomic mass is 9.97. The first-order valence-corrected chi connectivity index (χ1v) is 10.8. The topological polar surface area (TPSA) is 49.6 Å². The molecule has 1 atom stereocenters. The molecule has 1 N–H and O–H groups in total. The molecule has 146 valence electrons. The number of amides is 1. The van der Waals surface area contributed by atoms with E-state index in [2.05, 4.69) is 16.5 Å². The van der Waals surface area contributed by atoms with Gasteiger partial charge >= 0.3 is 0 Å². The number of piperidine rings is 1. The van der Waals surface area contributed by atoms with Crippen molar-refractivity contribution in [2.24, 2.45) is 5.92 Å². The van der Waals surface area contributed by atoms with E-state index in [1.807, 2.05) is 65.0 Å². The highest BCUT2D eigenvalue weighted by Gasteiger charge is 2.24. The molecule has 1 aliphatic heterocycles. The van der Waals surface area contributed by atoms with Crippen LogP contribution < -0.4 is 5.32 Å². The van der Waals surface area contributed by atoms with Gasteiger partial charge in [0.15, 0.2) is 0 Å². The van der Waals surface area contributed by atoms with Gasteiger partial charge in [-0.15, -0.1) is 11.8 Å². The number of fused-ring (bicyclic) bond motifs is 1. The van der Waals surface area contributed by atoms with Gasteiger partial charge in [0.25, 0.3) is 5.91 Å². The van der Waals surface area contributed by atoms with E-state index in [1.165, 1.54) is 6.42 Å². The molecule has 1 aromatic carbocycles. The van der Waals surface area contributed by atoms with Crippen LogP contribution in [0, 0.1) is 5.92 Å². The second-order valence-corrected chi connectivity index (χ2v) is 8.38. The number of hydrogen-bond acceptors (Lipinski definition) is 4. The molecule has 0 aliphatic carbocycles. The highest BCUT2D eigenvalue weighted by molar-refractivity contribution is 7.98. The maximum absolute atomic E-state index is 12.8. The van der Waals surface area contributed by atoms with Crippen molar-refractivity contribution in [3.63, 3.8) is 0 Å². The smallest absolute Gasteiger partial charge is 0.253 e. The van der Waals surface area contributed by atoms with Crippen LogP contribution in [-0.4, -0.2) is 46.9 Å². The fraction of sp³-hybridized carbons (Fsp3) is 0.364. The third kappa shape index (κ3) is 4.39. The molecule has 0 radical (unpaired) electrons. The van der Waals surface area contributed by atoms with Gasteiger partial charge in [-0.25, -0.2) is 4.98 Å². The van der Waals surface area contributed by atoms with Gasteiger partial charge in [-0.3, -0.25) is 4.79 Å². The molecule has 6 heteroatoms. The molecule has 1 aliphatic rings. The van der Waals surface area contributed by atoms with E-state index in [-0.39, 0.29) is 5.91 Å². The number of rotatable bonds is 6. The summed E-state index contributed by atoms with van der Waals surface area (Å²) in [6.45, 7) is 2.69. The predicted octanol–water partition coefficient (Wildman–Crippen LogP) is 3.70. The van der Waals surface area contributed by atoms with Crippen LogP contribution in [0.25, 0.3) is 5.65 Å². The summed E-state index contributed by atoms with van der Waals surface area (Å²) in [5.74, 6) is 1.52. The van der Waals surface area contributed by atoms with Gasteiger partial charge in [0.2, 0.25) is 0 Å². The molecule has 28 heavy (non-hydrogen) atoms. The number of carbonyl (C=O) groups excluding carboxylic acids is 1. The fourth-order valence-corrected chi connectivity index (χ4v) is 4.58. The maximum Gasteiger partial charge on any atom is 0.253 e. The van der Waals surface area contributed by atoms with Gasteiger partial charge in [-0.2, -0.15) is 0 Å². The number of benzene rings is 1. The molecule has 3 aromatic rings. The number of likely N-dealkylation sites (tertiary alicyclic amines) is 1. The molecule has 2 aromatic heterocycles. The van der Waals surface area contributed by atoms with Gasteiger partial charge in [-0.05, 0) is 68.8 Å². The van der Waals surface area contributed by atoms with E-state index in [1.54, 1.807) is 11.8 Å². The van der Waals surface area contributed by atoms with Crippen molar-refractivity contribution in [2.45, 2.75) is 23.5 Å². The summed E-state index contributed by atoms with van der Waals surface area (Å²) in [4.78, 5) is 20.6. The first-order valence-electron chi connectivity index (χ1n) is 9.82. The summed E-state index contributed by atoms with van der Waals surface area (Å²) in [6.07, 6.45) is 6.37. The average Bonchev–Trinajstić information content (AvgIpc) is 3.16. The molecule has 1 fully saturated rings. The van der Waals surface area contributed by atoms with Gasteiger partial charge < -0.3 is 14.6 Å². The normalized spacial score (nSPS) is 17.2. The Labute approximate surface area is 170 Å². The summed E-state index contributed by atoms with van der Waals surface area (Å²) in [7, 11) is 1.98. The minimum Gasteiger partial charge on any atom is -0.338 e. The van der Waals surface area contributed by atoms with Crippen LogP contribution >= 0.6 is 11.8 Å². The van der Waals surface area contributed by atoms with Crippen molar-refractivity contribution < 1.29 is 4.79 Å². The van der Waals surface area contributed by atoms with E-state index in [4.69, 9.17) is 0 Å². The molecule has 1 amide bonds. The molecule has 1 unspecified atom stereocenters. The summed E-state index contributed by atoms with van der Waals surface area (Å²) >= 11 is 1.74. The molecule has 4 rings (SSSR count). The summed E-state index contributed by atoms with van der Waals surface area (Å²) in [6, 6.07) is 14.0. The fourth-order valence-electron chi connectivity index (χ4n) is 3.80. The number of carbonyl (C=O) groups is 1. The molecular weight excluding hydrogens is 368 g/mol. The van der Waals surface area contributed by atoms with Crippen LogP contribution in [0.4, 0.5) is 0 Å². The van der Waals surface area contributed by atoms with Gasteiger partial charge in [0, 0.05) is 41.7 Å². The third-order valence-electron chi connectivity index (χ3n) is 5.20. The van der Waals surface area contributed by atoms with Crippen LogP contribution in [0.1, 0.15) is 28.9 Å². The molecule has 0 spiro atoms. The Bertz CT molecular complexity index is 902. The summed E-state index contributed by atoms with van der Waals surface area (Å²) < 4.78 is 2.04. The Morgan fingerprint density at radius 2 is 2.11 bits per heavy atom. The minimum atomic E-state index is 0.151. The maximum atomic E-state index is 12.8. The van der Waals surface area contributed by atoms with Crippen molar-refractivity contribution in [1.82, 2.24) is 19.6 Å². The van der Waals surface area contributed by atoms with Gasteiger partial charge in [0.05, 0.1) is 5.69 Å². The van der Waals surface area contributed by atoms with Crippen molar-refractivity contribution >= 4 is 23.3 Å². The highest BCUT2D eigenvalue weighted by Crippen LogP contribution is 2.24. The number of hydrogen-bond donors (Lipinski definition) is 1. The van der Waals surface area contributed by atoms with E-state index >= 15 is 0 Å². The number of pyridine rings is 1. The standard InChI is InChI=1S/C22H26N4OS/c1-23-13-17-5-4-12-26(14-17)22(27)18-7-9-20(10-8-18)28-16-19-15-25-11-3-2-6-21(25)24-19/h2-3,6-11,15,17,23H,4-5,12-14,16H2,1H3. The number of nitrogens with one attached hydrogen (secondary N) is 1. The average molecular weight is 395 g/mol. The quantitative estimate of drug-likeness (QED) is 0.648. The van der Waals surface area contributed by atoms with Crippen LogP contribution in [0.15, 0.2) is 59.8 Å². The second kappa shape index (κ2) is 8.80. The Balaban J connectivity index is 1.36. The zero-order valence-corrected chi connectivity index (χ0v) is 17.0. The highest BCUT2D eigenvalue weighted by atomic mass is 32.2. The van der Waals surface area contributed by atoms with Gasteiger partial charge in [-0.1, -0.05) is 6.07 Å². The summed E-state index contributed by atoms with van der Waals surface area (Å²) in [5.41, 5.74) is 2.81. The van der Waals surface area contributed by atoms with Crippen LogP contribution in [0.2, 0.25) is 0 Å². The van der Waals surface area contributed by atoms with E-state index in [0.717, 1.165) is 53.6 Å². The zero-order chi connectivity index (χ0) is 19.3. The Morgan fingerprint density at radius 3 is 2.89 bits per heavy atom.